The van der Waals surface area contributed by atoms with Crippen LogP contribution < -0.4 is 5.32 Å². The lowest BCUT2D eigenvalue weighted by atomic mass is 10.2. The second-order valence-electron chi connectivity index (χ2n) is 5.70. The van der Waals surface area contributed by atoms with Crippen LogP contribution in [0.5, 0.6) is 0 Å². The van der Waals surface area contributed by atoms with Crippen LogP contribution in [0.25, 0.3) is 11.0 Å². The maximum Gasteiger partial charge on any atom is 0.113 e. The zero-order valence-corrected chi connectivity index (χ0v) is 11.0. The molecule has 0 unspecified atom stereocenters. The fourth-order valence-electron chi connectivity index (χ4n) is 3.17. The van der Waals surface area contributed by atoms with Crippen molar-refractivity contribution in [2.45, 2.75) is 24.9 Å². The normalized spacial score (nSPS) is 22.7. The van der Waals surface area contributed by atoms with Gasteiger partial charge >= 0.3 is 0 Å². The van der Waals surface area contributed by atoms with Gasteiger partial charge in [0, 0.05) is 31.7 Å². The summed E-state index contributed by atoms with van der Waals surface area (Å²) in [6.07, 6.45) is 2.59. The van der Waals surface area contributed by atoms with Crippen LogP contribution >= 0.6 is 0 Å². The minimum atomic E-state index is 0.346. The smallest absolute Gasteiger partial charge is 0.113 e. The van der Waals surface area contributed by atoms with Crippen molar-refractivity contribution in [1.82, 2.24) is 25.2 Å². The first-order chi connectivity index (χ1) is 9.37. The molecule has 1 N–H and O–H groups in total. The highest BCUT2D eigenvalue weighted by Gasteiger charge is 2.48. The topological polar surface area (TPSA) is 46.0 Å². The molecular weight excluding hydrogens is 238 g/mol. The lowest BCUT2D eigenvalue weighted by Crippen LogP contribution is -2.51. The van der Waals surface area contributed by atoms with E-state index in [-0.39, 0.29) is 0 Å². The van der Waals surface area contributed by atoms with Gasteiger partial charge in [0.05, 0.1) is 12.1 Å². The van der Waals surface area contributed by atoms with Crippen LogP contribution in [-0.2, 0) is 6.54 Å². The van der Waals surface area contributed by atoms with Crippen molar-refractivity contribution in [3.05, 3.63) is 24.3 Å². The largest absolute Gasteiger partial charge is 0.314 e. The number of hydrogen-bond donors (Lipinski definition) is 1. The van der Waals surface area contributed by atoms with Crippen LogP contribution in [0, 0.1) is 0 Å². The van der Waals surface area contributed by atoms with E-state index in [0.717, 1.165) is 43.8 Å². The van der Waals surface area contributed by atoms with E-state index >= 15 is 0 Å². The quantitative estimate of drug-likeness (QED) is 0.886. The van der Waals surface area contributed by atoms with Crippen molar-refractivity contribution in [3.8, 4) is 0 Å². The zero-order valence-electron chi connectivity index (χ0n) is 11.0. The molecule has 19 heavy (non-hydrogen) atoms. The van der Waals surface area contributed by atoms with E-state index in [9.17, 15) is 0 Å². The molecule has 2 heterocycles. The average molecular weight is 257 g/mol. The number of rotatable bonds is 3. The van der Waals surface area contributed by atoms with Gasteiger partial charge < -0.3 is 5.32 Å². The molecule has 2 fully saturated rings. The maximum atomic E-state index is 4.34. The molecule has 1 aromatic heterocycles. The van der Waals surface area contributed by atoms with Gasteiger partial charge in [0.1, 0.15) is 5.52 Å². The third kappa shape index (κ3) is 1.93. The van der Waals surface area contributed by atoms with Crippen molar-refractivity contribution >= 4 is 11.0 Å². The molecule has 0 radical (unpaired) electrons. The molecule has 0 atom stereocenters. The van der Waals surface area contributed by atoms with Crippen molar-refractivity contribution in [1.29, 1.82) is 0 Å². The number of benzene rings is 1. The monoisotopic (exact) mass is 257 g/mol. The molecule has 100 valence electrons. The van der Waals surface area contributed by atoms with E-state index in [4.69, 9.17) is 0 Å². The summed E-state index contributed by atoms with van der Waals surface area (Å²) in [6, 6.07) is 8.23. The van der Waals surface area contributed by atoms with Gasteiger partial charge in [-0.2, -0.15) is 0 Å². The van der Waals surface area contributed by atoms with Gasteiger partial charge in [0.2, 0.25) is 0 Å². The molecule has 0 bridgehead atoms. The van der Waals surface area contributed by atoms with Crippen molar-refractivity contribution in [2.24, 2.45) is 0 Å². The SMILES string of the molecule is c1ccc2c(c1)nnn2CC1(N2CCNCC2)CC1. The molecule has 1 saturated carbocycles. The van der Waals surface area contributed by atoms with Crippen LogP contribution in [0.15, 0.2) is 24.3 Å². The molecular formula is C14H19N5. The first-order valence-corrected chi connectivity index (χ1v) is 7.11. The van der Waals surface area contributed by atoms with Gasteiger partial charge in [-0.3, -0.25) is 4.90 Å². The predicted molar refractivity (Wildman–Crippen MR) is 73.9 cm³/mol. The third-order valence-electron chi connectivity index (χ3n) is 4.48. The number of piperazine rings is 1. The number of aromatic nitrogens is 3. The summed E-state index contributed by atoms with van der Waals surface area (Å²) in [5.41, 5.74) is 2.50. The van der Waals surface area contributed by atoms with E-state index in [1.165, 1.54) is 12.8 Å². The fraction of sp³-hybridized carbons (Fsp3) is 0.571. The van der Waals surface area contributed by atoms with Gasteiger partial charge in [-0.1, -0.05) is 17.3 Å². The van der Waals surface area contributed by atoms with Gasteiger partial charge in [0.15, 0.2) is 0 Å². The Morgan fingerprint density at radius 1 is 1.16 bits per heavy atom. The Hall–Kier alpha value is -1.46. The summed E-state index contributed by atoms with van der Waals surface area (Å²) in [5.74, 6) is 0. The minimum Gasteiger partial charge on any atom is -0.314 e. The van der Waals surface area contributed by atoms with Crippen LogP contribution in [-0.4, -0.2) is 51.6 Å². The highest BCUT2D eigenvalue weighted by atomic mass is 15.4. The van der Waals surface area contributed by atoms with Crippen molar-refractivity contribution in [3.63, 3.8) is 0 Å². The Kier molecular flexibility index (Phi) is 2.56. The van der Waals surface area contributed by atoms with Crippen LogP contribution in [0.2, 0.25) is 0 Å². The number of fused-ring (bicyclic) bond motifs is 1. The van der Waals surface area contributed by atoms with Gasteiger partial charge in [-0.15, -0.1) is 5.10 Å². The highest BCUT2D eigenvalue weighted by Crippen LogP contribution is 2.43. The summed E-state index contributed by atoms with van der Waals surface area (Å²) >= 11 is 0. The molecule has 4 rings (SSSR count). The molecule has 1 aliphatic carbocycles. The Labute approximate surface area is 112 Å². The standard InChI is InChI=1S/C14H19N5/c1-2-4-13-12(3-1)16-17-19(13)11-14(5-6-14)18-9-7-15-8-10-18/h1-4,15H,5-11H2. The van der Waals surface area contributed by atoms with Crippen LogP contribution in [0.4, 0.5) is 0 Å². The van der Waals surface area contributed by atoms with E-state index in [2.05, 4.69) is 37.3 Å². The number of para-hydroxylation sites is 1. The third-order valence-corrected chi connectivity index (χ3v) is 4.48. The Bertz CT molecular complexity index is 580. The van der Waals surface area contributed by atoms with Crippen LogP contribution in [0.1, 0.15) is 12.8 Å². The van der Waals surface area contributed by atoms with E-state index in [1.807, 2.05) is 12.1 Å². The summed E-state index contributed by atoms with van der Waals surface area (Å²) in [4.78, 5) is 2.64. The Morgan fingerprint density at radius 3 is 2.74 bits per heavy atom. The maximum absolute atomic E-state index is 4.34. The summed E-state index contributed by atoms with van der Waals surface area (Å²) in [7, 11) is 0. The molecule has 1 aliphatic heterocycles. The predicted octanol–water partition coefficient (Wildman–Crippen LogP) is 0.869. The van der Waals surface area contributed by atoms with E-state index in [0.29, 0.717) is 5.54 Å². The Balaban J connectivity index is 1.60. The van der Waals surface area contributed by atoms with Gasteiger partial charge in [-0.05, 0) is 25.0 Å². The highest BCUT2D eigenvalue weighted by molar-refractivity contribution is 5.73. The second kappa shape index (κ2) is 4.28. The average Bonchev–Trinajstić information content (AvgIpc) is 3.15. The molecule has 2 aromatic rings. The second-order valence-corrected chi connectivity index (χ2v) is 5.70. The minimum absolute atomic E-state index is 0.346. The molecule has 0 amide bonds. The van der Waals surface area contributed by atoms with Crippen molar-refractivity contribution < 1.29 is 0 Å². The summed E-state index contributed by atoms with van der Waals surface area (Å²) in [5, 5.41) is 12.0. The lowest BCUT2D eigenvalue weighted by molar-refractivity contribution is 0.136. The number of nitrogens with zero attached hydrogens (tertiary/aromatic N) is 4. The summed E-state index contributed by atoms with van der Waals surface area (Å²) in [6.45, 7) is 5.52. The Morgan fingerprint density at radius 2 is 1.95 bits per heavy atom. The van der Waals surface area contributed by atoms with Gasteiger partial charge in [-0.25, -0.2) is 4.68 Å². The van der Waals surface area contributed by atoms with E-state index < -0.39 is 0 Å². The molecule has 5 heteroatoms. The summed E-state index contributed by atoms with van der Waals surface area (Å²) < 4.78 is 2.09. The lowest BCUT2D eigenvalue weighted by Gasteiger charge is -2.35. The number of hydrogen-bond acceptors (Lipinski definition) is 4. The number of nitrogens with one attached hydrogen (secondary N) is 1. The van der Waals surface area contributed by atoms with Crippen molar-refractivity contribution in [2.75, 3.05) is 26.2 Å². The first-order valence-electron chi connectivity index (χ1n) is 7.11. The zero-order chi connectivity index (χ0) is 12.7. The van der Waals surface area contributed by atoms with E-state index in [1.54, 1.807) is 0 Å². The molecule has 1 aromatic carbocycles. The molecule has 0 spiro atoms. The molecule has 2 aliphatic rings. The van der Waals surface area contributed by atoms with Crippen LogP contribution in [0.3, 0.4) is 0 Å². The fourth-order valence-corrected chi connectivity index (χ4v) is 3.17. The first kappa shape index (κ1) is 11.4. The molecule has 5 nitrogen and oxygen atoms in total. The van der Waals surface area contributed by atoms with Gasteiger partial charge in [0.25, 0.3) is 0 Å². The molecule has 1 saturated heterocycles.